The van der Waals surface area contributed by atoms with E-state index in [-0.39, 0.29) is 16.8 Å². The lowest BCUT2D eigenvalue weighted by atomic mass is 10.1. The molecule has 0 unspecified atom stereocenters. The molecule has 180 valence electrons. The number of hydrogen-bond donors (Lipinski definition) is 2. The third kappa shape index (κ3) is 8.16. The van der Waals surface area contributed by atoms with E-state index in [9.17, 15) is 13.2 Å². The molecule has 1 amide bonds. The molecule has 1 aliphatic rings. The van der Waals surface area contributed by atoms with E-state index in [1.54, 1.807) is 24.3 Å². The molecule has 0 aliphatic heterocycles. The van der Waals surface area contributed by atoms with Gasteiger partial charge in [0, 0.05) is 18.2 Å². The van der Waals surface area contributed by atoms with E-state index in [0.717, 1.165) is 43.4 Å². The summed E-state index contributed by atoms with van der Waals surface area (Å²) < 4.78 is 33.5. The predicted molar refractivity (Wildman–Crippen MR) is 131 cm³/mol. The summed E-state index contributed by atoms with van der Waals surface area (Å²) >= 11 is 0. The molecule has 0 saturated heterocycles. The number of unbranched alkanes of at least 4 members (excludes halogenated alkanes) is 3. The minimum Gasteiger partial charge on any atom is -0.494 e. The van der Waals surface area contributed by atoms with E-state index in [0.29, 0.717) is 25.1 Å². The van der Waals surface area contributed by atoms with E-state index in [2.05, 4.69) is 17.0 Å². The summed E-state index contributed by atoms with van der Waals surface area (Å²) in [5, 5.41) is 2.92. The van der Waals surface area contributed by atoms with Crippen LogP contribution in [0.3, 0.4) is 0 Å². The summed E-state index contributed by atoms with van der Waals surface area (Å²) in [6, 6.07) is 14.1. The Morgan fingerprint density at radius 1 is 0.970 bits per heavy atom. The molecule has 2 aromatic carbocycles. The maximum absolute atomic E-state index is 12.5. The van der Waals surface area contributed by atoms with E-state index in [4.69, 9.17) is 4.74 Å². The van der Waals surface area contributed by atoms with Crippen LogP contribution in [0.4, 0.5) is 0 Å². The topological polar surface area (TPSA) is 84.5 Å². The van der Waals surface area contributed by atoms with Crippen LogP contribution in [0.25, 0.3) is 0 Å². The molecule has 1 saturated carbocycles. The lowest BCUT2D eigenvalue weighted by Gasteiger charge is -2.13. The fraction of sp³-hybridized carbons (Fsp3) is 0.500. The zero-order valence-electron chi connectivity index (χ0n) is 19.5. The van der Waals surface area contributed by atoms with Gasteiger partial charge < -0.3 is 10.1 Å². The minimum absolute atomic E-state index is 0.0521. The summed E-state index contributed by atoms with van der Waals surface area (Å²) in [4.78, 5) is 12.7. The van der Waals surface area contributed by atoms with Crippen molar-refractivity contribution in [2.24, 2.45) is 0 Å². The van der Waals surface area contributed by atoms with Crippen LogP contribution < -0.4 is 14.8 Å². The summed E-state index contributed by atoms with van der Waals surface area (Å²) in [5.74, 6) is 0.643. The third-order valence-corrected chi connectivity index (χ3v) is 7.53. The second-order valence-electron chi connectivity index (χ2n) is 8.69. The highest BCUT2D eigenvalue weighted by atomic mass is 32.2. The van der Waals surface area contributed by atoms with E-state index in [1.165, 1.54) is 19.3 Å². The Hall–Kier alpha value is -2.38. The van der Waals surface area contributed by atoms with Crippen LogP contribution in [0, 0.1) is 0 Å². The Balaban J connectivity index is 1.41. The van der Waals surface area contributed by atoms with Gasteiger partial charge in [0.05, 0.1) is 11.5 Å². The second kappa shape index (κ2) is 12.8. The smallest absolute Gasteiger partial charge is 0.251 e. The highest BCUT2D eigenvalue weighted by Crippen LogP contribution is 2.20. The Labute approximate surface area is 198 Å². The molecule has 0 spiro atoms. The lowest BCUT2D eigenvalue weighted by Crippen LogP contribution is -2.32. The van der Waals surface area contributed by atoms with Crippen LogP contribution in [-0.4, -0.2) is 33.5 Å². The highest BCUT2D eigenvalue weighted by molar-refractivity contribution is 7.89. The maximum atomic E-state index is 12.5. The Morgan fingerprint density at radius 2 is 1.67 bits per heavy atom. The number of benzene rings is 2. The van der Waals surface area contributed by atoms with Gasteiger partial charge in [0.1, 0.15) is 5.75 Å². The number of carbonyl (C=O) groups excluding carboxylic acids is 1. The van der Waals surface area contributed by atoms with Gasteiger partial charge in [-0.1, -0.05) is 51.2 Å². The molecule has 2 N–H and O–H groups in total. The molecule has 0 heterocycles. The average Bonchev–Trinajstić information content (AvgIpc) is 3.32. The molecule has 6 nitrogen and oxygen atoms in total. The number of sulfonamides is 1. The van der Waals surface area contributed by atoms with Gasteiger partial charge in [0.15, 0.2) is 0 Å². The van der Waals surface area contributed by atoms with Gasteiger partial charge in [-0.2, -0.15) is 0 Å². The fourth-order valence-electron chi connectivity index (χ4n) is 4.01. The predicted octanol–water partition coefficient (Wildman–Crippen LogP) is 4.84. The van der Waals surface area contributed by atoms with E-state index >= 15 is 0 Å². The van der Waals surface area contributed by atoms with E-state index in [1.807, 2.05) is 24.3 Å². The van der Waals surface area contributed by atoms with Crippen LogP contribution in [-0.2, 0) is 16.4 Å². The Kier molecular flexibility index (Phi) is 9.76. The van der Waals surface area contributed by atoms with Crippen molar-refractivity contribution in [1.82, 2.24) is 10.0 Å². The highest BCUT2D eigenvalue weighted by Gasteiger charge is 2.22. The van der Waals surface area contributed by atoms with E-state index < -0.39 is 10.0 Å². The second-order valence-corrected chi connectivity index (χ2v) is 10.4. The van der Waals surface area contributed by atoms with Crippen molar-refractivity contribution >= 4 is 15.9 Å². The molecule has 3 rings (SSSR count). The van der Waals surface area contributed by atoms with Crippen molar-refractivity contribution in [3.63, 3.8) is 0 Å². The van der Waals surface area contributed by atoms with Crippen molar-refractivity contribution in [2.75, 3.05) is 13.2 Å². The van der Waals surface area contributed by atoms with Gasteiger partial charge in [-0.3, -0.25) is 4.79 Å². The molecule has 0 aromatic heterocycles. The van der Waals surface area contributed by atoms with Gasteiger partial charge in [-0.15, -0.1) is 0 Å². The van der Waals surface area contributed by atoms with Gasteiger partial charge in [0.25, 0.3) is 5.91 Å². The fourth-order valence-corrected chi connectivity index (χ4v) is 5.32. The number of ether oxygens (including phenoxy) is 1. The normalized spacial score (nSPS) is 14.3. The largest absolute Gasteiger partial charge is 0.494 e. The van der Waals surface area contributed by atoms with Crippen molar-refractivity contribution in [3.05, 3.63) is 59.7 Å². The molecule has 0 atom stereocenters. The monoisotopic (exact) mass is 472 g/mol. The van der Waals surface area contributed by atoms with Crippen molar-refractivity contribution in [3.8, 4) is 5.75 Å². The molecular formula is C26H36N2O4S. The SMILES string of the molecule is CCCCCCOc1ccc(C(=O)NCCc2ccc(S(=O)(=O)NC3CCCC3)cc2)cc1. The number of hydrogen-bond acceptors (Lipinski definition) is 4. The number of rotatable bonds is 13. The summed E-state index contributed by atoms with van der Waals surface area (Å²) in [7, 11) is -3.47. The first-order valence-corrected chi connectivity index (χ1v) is 13.6. The quantitative estimate of drug-likeness (QED) is 0.409. The van der Waals surface area contributed by atoms with Crippen molar-refractivity contribution < 1.29 is 17.9 Å². The summed E-state index contributed by atoms with van der Waals surface area (Å²) in [6.07, 6.45) is 9.24. The first-order chi connectivity index (χ1) is 16.0. The van der Waals surface area contributed by atoms with Crippen LogP contribution in [0.15, 0.2) is 53.4 Å². The molecular weight excluding hydrogens is 436 g/mol. The maximum Gasteiger partial charge on any atom is 0.251 e. The Morgan fingerprint density at radius 3 is 2.33 bits per heavy atom. The van der Waals surface area contributed by atoms with Crippen LogP contribution in [0.5, 0.6) is 5.75 Å². The standard InChI is InChI=1S/C26H36N2O4S/c1-2-3-4-7-20-32-24-14-12-22(13-15-24)26(29)27-19-18-21-10-16-25(17-11-21)33(30,31)28-23-8-5-6-9-23/h10-17,23,28H,2-9,18-20H2,1H3,(H,27,29). The van der Waals surface area contributed by atoms with Crippen LogP contribution in [0.1, 0.15) is 74.2 Å². The van der Waals surface area contributed by atoms with Gasteiger partial charge in [0.2, 0.25) is 10.0 Å². The van der Waals surface area contributed by atoms with Gasteiger partial charge in [-0.05, 0) is 67.6 Å². The Bertz CT molecular complexity index is 966. The average molecular weight is 473 g/mol. The first kappa shape index (κ1) is 25.2. The molecule has 0 radical (unpaired) electrons. The zero-order valence-corrected chi connectivity index (χ0v) is 20.3. The van der Waals surface area contributed by atoms with Gasteiger partial charge >= 0.3 is 0 Å². The van der Waals surface area contributed by atoms with Crippen LogP contribution in [0.2, 0.25) is 0 Å². The number of carbonyl (C=O) groups is 1. The first-order valence-electron chi connectivity index (χ1n) is 12.1. The summed E-state index contributed by atoms with van der Waals surface area (Å²) in [5.41, 5.74) is 1.56. The molecule has 33 heavy (non-hydrogen) atoms. The molecule has 2 aromatic rings. The van der Waals surface area contributed by atoms with Crippen LogP contribution >= 0.6 is 0 Å². The molecule has 1 aliphatic carbocycles. The van der Waals surface area contributed by atoms with Crippen molar-refractivity contribution in [2.45, 2.75) is 75.6 Å². The summed E-state index contributed by atoms with van der Waals surface area (Å²) in [6.45, 7) is 3.35. The zero-order chi connectivity index (χ0) is 23.5. The van der Waals surface area contributed by atoms with Gasteiger partial charge in [-0.25, -0.2) is 13.1 Å². The molecule has 7 heteroatoms. The number of amides is 1. The third-order valence-electron chi connectivity index (χ3n) is 5.99. The minimum atomic E-state index is -3.47. The van der Waals surface area contributed by atoms with Crippen molar-refractivity contribution in [1.29, 1.82) is 0 Å². The number of nitrogens with one attached hydrogen (secondary N) is 2. The lowest BCUT2D eigenvalue weighted by molar-refractivity contribution is 0.0954. The molecule has 1 fully saturated rings. The molecule has 0 bridgehead atoms.